The lowest BCUT2D eigenvalue weighted by atomic mass is 10.2. The van der Waals surface area contributed by atoms with E-state index < -0.39 is 27.5 Å². The molecule has 2 aromatic carbocycles. The van der Waals surface area contributed by atoms with Gasteiger partial charge in [0.15, 0.2) is 15.6 Å². The number of rotatable bonds is 5. The second kappa shape index (κ2) is 7.36. The molecule has 0 radical (unpaired) electrons. The molecule has 0 unspecified atom stereocenters. The lowest BCUT2D eigenvalue weighted by Gasteiger charge is -2.29. The number of para-hydroxylation sites is 1. The van der Waals surface area contributed by atoms with Crippen LogP contribution in [-0.4, -0.2) is 39.1 Å². The fourth-order valence-electron chi connectivity index (χ4n) is 2.66. The van der Waals surface area contributed by atoms with E-state index in [1.807, 2.05) is 0 Å². The minimum Gasteiger partial charge on any atom is -0.423 e. The van der Waals surface area contributed by atoms with Crippen molar-refractivity contribution < 1.29 is 27.1 Å². The van der Waals surface area contributed by atoms with E-state index in [4.69, 9.17) is 4.74 Å². The lowest BCUT2D eigenvalue weighted by Crippen LogP contribution is -2.41. The average Bonchev–Trinajstić information content (AvgIpc) is 2.63. The summed E-state index contributed by atoms with van der Waals surface area (Å²) in [6.45, 7) is 1.11. The highest BCUT2D eigenvalue weighted by Gasteiger charge is 2.27. The molecule has 0 bridgehead atoms. The summed E-state index contributed by atoms with van der Waals surface area (Å²) in [4.78, 5) is 25.6. The van der Waals surface area contributed by atoms with Gasteiger partial charge in [0.25, 0.3) is 0 Å². The molecule has 1 heterocycles. The van der Waals surface area contributed by atoms with Crippen molar-refractivity contribution in [3.8, 4) is 5.75 Å². The number of fused-ring (bicyclic) bond motifs is 1. The first-order valence-corrected chi connectivity index (χ1v) is 9.82. The van der Waals surface area contributed by atoms with Gasteiger partial charge < -0.3 is 15.0 Å². The van der Waals surface area contributed by atoms with E-state index in [1.165, 1.54) is 48.2 Å². The zero-order valence-corrected chi connectivity index (χ0v) is 15.3. The summed E-state index contributed by atoms with van der Waals surface area (Å²) < 4.78 is 42.8. The Morgan fingerprint density at radius 3 is 2.70 bits per heavy atom. The van der Waals surface area contributed by atoms with Crippen molar-refractivity contribution in [3.05, 3.63) is 48.3 Å². The molecule has 1 aliphatic rings. The maximum absolute atomic E-state index is 13.7. The summed E-state index contributed by atoms with van der Waals surface area (Å²) in [6, 6.07) is 9.89. The molecule has 0 aliphatic carbocycles. The second-order valence-corrected chi connectivity index (χ2v) is 8.17. The highest BCUT2D eigenvalue weighted by atomic mass is 32.2. The minimum absolute atomic E-state index is 0.0340. The SMILES string of the molecule is CCS(=O)(=O)c1ccc2c(c1)OC(=O)CN2CC(=O)Nc1ccccc1F. The molecule has 0 saturated heterocycles. The predicted molar refractivity (Wildman–Crippen MR) is 97.0 cm³/mol. The van der Waals surface area contributed by atoms with Gasteiger partial charge in [0.05, 0.1) is 28.6 Å². The van der Waals surface area contributed by atoms with E-state index in [-0.39, 0.29) is 35.2 Å². The maximum Gasteiger partial charge on any atom is 0.331 e. The first-order valence-electron chi connectivity index (χ1n) is 8.17. The predicted octanol–water partition coefficient (Wildman–Crippen LogP) is 1.98. The van der Waals surface area contributed by atoms with Crippen LogP contribution in [0.4, 0.5) is 15.8 Å². The van der Waals surface area contributed by atoms with Crippen molar-refractivity contribution in [1.29, 1.82) is 0 Å². The van der Waals surface area contributed by atoms with Gasteiger partial charge in [-0.2, -0.15) is 0 Å². The first-order chi connectivity index (χ1) is 12.8. The zero-order chi connectivity index (χ0) is 19.6. The summed E-state index contributed by atoms with van der Waals surface area (Å²) >= 11 is 0. The lowest BCUT2D eigenvalue weighted by molar-refractivity contribution is -0.133. The molecule has 2 aromatic rings. The molecule has 9 heteroatoms. The van der Waals surface area contributed by atoms with Crippen LogP contribution in [0.3, 0.4) is 0 Å². The number of amides is 1. The van der Waals surface area contributed by atoms with Crippen LogP contribution in [0.5, 0.6) is 5.75 Å². The summed E-state index contributed by atoms with van der Waals surface area (Å²) in [6.07, 6.45) is 0. The van der Waals surface area contributed by atoms with Gasteiger partial charge in [-0.15, -0.1) is 0 Å². The number of ether oxygens (including phenoxy) is 1. The number of esters is 1. The molecule has 7 nitrogen and oxygen atoms in total. The third-order valence-electron chi connectivity index (χ3n) is 4.04. The molecule has 1 N–H and O–H groups in total. The number of sulfone groups is 1. The van der Waals surface area contributed by atoms with E-state index >= 15 is 0 Å². The van der Waals surface area contributed by atoms with Crippen LogP contribution in [0.15, 0.2) is 47.4 Å². The molecule has 1 amide bonds. The van der Waals surface area contributed by atoms with Crippen LogP contribution in [0.2, 0.25) is 0 Å². The Kier molecular flexibility index (Phi) is 5.13. The fourth-order valence-corrected chi connectivity index (χ4v) is 3.56. The van der Waals surface area contributed by atoms with Crippen LogP contribution in [0.25, 0.3) is 0 Å². The number of benzene rings is 2. The van der Waals surface area contributed by atoms with Gasteiger partial charge in [-0.25, -0.2) is 17.6 Å². The normalized spacial score (nSPS) is 13.7. The first kappa shape index (κ1) is 18.8. The van der Waals surface area contributed by atoms with Gasteiger partial charge in [-0.3, -0.25) is 4.79 Å². The molecular weight excluding hydrogens is 375 g/mol. The number of hydrogen-bond acceptors (Lipinski definition) is 6. The standard InChI is InChI=1S/C18H17FN2O5S/c1-2-27(24,25)12-7-8-15-16(9-12)26-18(23)11-21(15)10-17(22)20-14-6-4-3-5-13(14)19/h3-9H,2,10-11H2,1H3,(H,20,22). The number of anilines is 2. The molecule has 0 aromatic heterocycles. The number of hydrogen-bond donors (Lipinski definition) is 1. The monoisotopic (exact) mass is 392 g/mol. The van der Waals surface area contributed by atoms with E-state index in [9.17, 15) is 22.4 Å². The minimum atomic E-state index is -3.47. The van der Waals surface area contributed by atoms with Crippen molar-refractivity contribution in [1.82, 2.24) is 0 Å². The number of nitrogens with one attached hydrogen (secondary N) is 1. The second-order valence-electron chi connectivity index (χ2n) is 5.89. The molecule has 142 valence electrons. The highest BCUT2D eigenvalue weighted by molar-refractivity contribution is 7.91. The number of carbonyl (C=O) groups is 2. The Balaban J connectivity index is 1.83. The summed E-state index contributed by atoms with van der Waals surface area (Å²) in [5.74, 6) is -1.73. The Bertz CT molecular complexity index is 1010. The van der Waals surface area contributed by atoms with Crippen LogP contribution < -0.4 is 15.0 Å². The van der Waals surface area contributed by atoms with Crippen molar-refractivity contribution in [2.24, 2.45) is 0 Å². The quantitative estimate of drug-likeness (QED) is 0.618. The Morgan fingerprint density at radius 2 is 2.00 bits per heavy atom. The third kappa shape index (κ3) is 4.08. The highest BCUT2D eigenvalue weighted by Crippen LogP contribution is 2.34. The largest absolute Gasteiger partial charge is 0.423 e. The third-order valence-corrected chi connectivity index (χ3v) is 5.77. The van der Waals surface area contributed by atoms with E-state index in [1.54, 1.807) is 6.07 Å². The van der Waals surface area contributed by atoms with Crippen molar-refractivity contribution in [2.75, 3.05) is 29.1 Å². The van der Waals surface area contributed by atoms with E-state index in [0.29, 0.717) is 5.69 Å². The molecule has 3 rings (SSSR count). The molecule has 1 aliphatic heterocycles. The molecule has 27 heavy (non-hydrogen) atoms. The average molecular weight is 392 g/mol. The Labute approximate surface area is 155 Å². The van der Waals surface area contributed by atoms with Crippen molar-refractivity contribution in [3.63, 3.8) is 0 Å². The van der Waals surface area contributed by atoms with E-state index in [2.05, 4.69) is 5.32 Å². The fraction of sp³-hybridized carbons (Fsp3) is 0.222. The van der Waals surface area contributed by atoms with Gasteiger partial charge >= 0.3 is 5.97 Å². The van der Waals surface area contributed by atoms with Gasteiger partial charge in [0, 0.05) is 6.07 Å². The maximum atomic E-state index is 13.7. The van der Waals surface area contributed by atoms with Crippen molar-refractivity contribution >= 4 is 33.1 Å². The van der Waals surface area contributed by atoms with Crippen LogP contribution in [0.1, 0.15) is 6.92 Å². The topological polar surface area (TPSA) is 92.8 Å². The smallest absolute Gasteiger partial charge is 0.331 e. The zero-order valence-electron chi connectivity index (χ0n) is 14.4. The molecule has 0 saturated carbocycles. The summed E-state index contributed by atoms with van der Waals surface area (Å²) in [5, 5.41) is 2.44. The number of halogens is 1. The van der Waals surface area contributed by atoms with Crippen LogP contribution in [-0.2, 0) is 19.4 Å². The number of carbonyl (C=O) groups excluding carboxylic acids is 2. The van der Waals surface area contributed by atoms with Crippen molar-refractivity contribution in [2.45, 2.75) is 11.8 Å². The molecule has 0 spiro atoms. The van der Waals surface area contributed by atoms with E-state index in [0.717, 1.165) is 0 Å². The van der Waals surface area contributed by atoms with Crippen LogP contribution >= 0.6 is 0 Å². The van der Waals surface area contributed by atoms with Gasteiger partial charge in [0.1, 0.15) is 12.4 Å². The van der Waals surface area contributed by atoms with Gasteiger partial charge in [-0.05, 0) is 24.3 Å². The Hall–Kier alpha value is -2.94. The van der Waals surface area contributed by atoms with Gasteiger partial charge in [0.2, 0.25) is 5.91 Å². The summed E-state index contributed by atoms with van der Waals surface area (Å²) in [5.41, 5.74) is 0.444. The number of nitrogens with zero attached hydrogens (tertiary/aromatic N) is 1. The molecular formula is C18H17FN2O5S. The van der Waals surface area contributed by atoms with Gasteiger partial charge in [-0.1, -0.05) is 19.1 Å². The summed E-state index contributed by atoms with van der Waals surface area (Å²) in [7, 11) is -3.47. The van der Waals surface area contributed by atoms with Crippen LogP contribution in [0, 0.1) is 5.82 Å². The Morgan fingerprint density at radius 1 is 1.26 bits per heavy atom. The molecule has 0 atom stereocenters. The molecule has 0 fully saturated rings.